The molecule has 0 radical (unpaired) electrons. The van der Waals surface area contributed by atoms with Crippen LogP contribution >= 0.6 is 23.4 Å². The predicted octanol–water partition coefficient (Wildman–Crippen LogP) is 5.67. The lowest BCUT2D eigenvalue weighted by Crippen LogP contribution is -2.50. The number of thioether (sulfide) groups is 1. The van der Waals surface area contributed by atoms with E-state index in [-0.39, 0.29) is 17.9 Å². The molecule has 0 aromatic heterocycles. The molecule has 1 N–H and O–H groups in total. The van der Waals surface area contributed by atoms with E-state index in [1.54, 1.807) is 16.7 Å². The monoisotopic (exact) mass is 472 g/mol. The van der Waals surface area contributed by atoms with Crippen molar-refractivity contribution < 1.29 is 9.59 Å². The molecule has 2 aromatic carbocycles. The van der Waals surface area contributed by atoms with Crippen molar-refractivity contribution in [3.63, 3.8) is 0 Å². The first-order valence-corrected chi connectivity index (χ1v) is 12.8. The third-order valence-corrected chi connectivity index (χ3v) is 7.11. The molecule has 6 heteroatoms. The minimum absolute atomic E-state index is 0.0339. The highest BCUT2D eigenvalue weighted by Gasteiger charge is 2.28. The van der Waals surface area contributed by atoms with Gasteiger partial charge < -0.3 is 10.2 Å². The van der Waals surface area contributed by atoms with Gasteiger partial charge in [-0.25, -0.2) is 0 Å². The first-order valence-electron chi connectivity index (χ1n) is 11.3. The van der Waals surface area contributed by atoms with Crippen molar-refractivity contribution in [3.05, 3.63) is 69.7 Å². The second-order valence-corrected chi connectivity index (χ2v) is 10.2. The van der Waals surface area contributed by atoms with Gasteiger partial charge in [0.05, 0.1) is 5.75 Å². The van der Waals surface area contributed by atoms with Crippen molar-refractivity contribution in [3.8, 4) is 0 Å². The lowest BCUT2D eigenvalue weighted by molar-refractivity contribution is -0.138. The second-order valence-electron chi connectivity index (χ2n) is 8.81. The summed E-state index contributed by atoms with van der Waals surface area (Å²) in [5.74, 6) is 0.983. The van der Waals surface area contributed by atoms with Crippen LogP contribution in [0.3, 0.4) is 0 Å². The Kier molecular flexibility index (Phi) is 9.06. The van der Waals surface area contributed by atoms with Gasteiger partial charge in [-0.05, 0) is 56.9 Å². The molecule has 32 heavy (non-hydrogen) atoms. The first-order chi connectivity index (χ1) is 15.3. The molecule has 2 amide bonds. The van der Waals surface area contributed by atoms with E-state index in [0.717, 1.165) is 37.0 Å². The van der Waals surface area contributed by atoms with Crippen molar-refractivity contribution in [1.82, 2.24) is 10.2 Å². The standard InChI is InChI=1S/C26H33ClN2O2S/c1-18-11-19(2)13-22(12-18)16-32-17-25(30)29(15-21-7-6-8-23(27)14-21)20(3)26(31)28-24-9-4-5-10-24/h6-8,11-14,20,24H,4-5,9-10,15-17H2,1-3H3,(H,28,31)/t20-/m0/s1. The fourth-order valence-corrected chi connectivity index (χ4v) is 5.36. The number of hydrogen-bond acceptors (Lipinski definition) is 3. The van der Waals surface area contributed by atoms with Crippen molar-refractivity contribution in [2.75, 3.05) is 5.75 Å². The maximum absolute atomic E-state index is 13.2. The van der Waals surface area contributed by atoms with Crippen LogP contribution in [0.1, 0.15) is 54.9 Å². The third-order valence-electron chi connectivity index (χ3n) is 5.89. The van der Waals surface area contributed by atoms with E-state index in [2.05, 4.69) is 37.4 Å². The van der Waals surface area contributed by atoms with Gasteiger partial charge in [-0.1, -0.05) is 65.9 Å². The maximum atomic E-state index is 13.2. The van der Waals surface area contributed by atoms with E-state index in [4.69, 9.17) is 11.6 Å². The Bertz CT molecular complexity index is 923. The number of carbonyl (C=O) groups is 2. The van der Waals surface area contributed by atoms with Crippen LogP contribution < -0.4 is 5.32 Å². The number of halogens is 1. The highest BCUT2D eigenvalue weighted by atomic mass is 35.5. The average molecular weight is 473 g/mol. The van der Waals surface area contributed by atoms with E-state index in [9.17, 15) is 9.59 Å². The van der Waals surface area contributed by atoms with Crippen LogP contribution in [0.2, 0.25) is 5.02 Å². The number of hydrogen-bond donors (Lipinski definition) is 1. The van der Waals surface area contributed by atoms with Gasteiger partial charge in [-0.15, -0.1) is 11.8 Å². The summed E-state index contributed by atoms with van der Waals surface area (Å²) in [6.07, 6.45) is 4.35. The zero-order valence-corrected chi connectivity index (χ0v) is 20.8. The van der Waals surface area contributed by atoms with Crippen LogP contribution in [0.15, 0.2) is 42.5 Å². The molecule has 3 rings (SSSR count). The number of nitrogens with zero attached hydrogens (tertiary/aromatic N) is 1. The molecule has 1 fully saturated rings. The molecular formula is C26H33ClN2O2S. The predicted molar refractivity (Wildman–Crippen MR) is 134 cm³/mol. The summed E-state index contributed by atoms with van der Waals surface area (Å²) in [6, 6.07) is 13.6. The lowest BCUT2D eigenvalue weighted by atomic mass is 10.1. The Morgan fingerprint density at radius 1 is 1.09 bits per heavy atom. The molecule has 0 heterocycles. The molecule has 1 aliphatic rings. The van der Waals surface area contributed by atoms with Crippen LogP contribution in [0, 0.1) is 13.8 Å². The van der Waals surface area contributed by atoms with Crippen LogP contribution in [0.5, 0.6) is 0 Å². The average Bonchev–Trinajstić information content (AvgIpc) is 3.24. The number of rotatable bonds is 9. The SMILES string of the molecule is Cc1cc(C)cc(CSCC(=O)N(Cc2cccc(Cl)c2)[C@@H](C)C(=O)NC2CCCC2)c1. The molecule has 1 atom stereocenters. The van der Waals surface area contributed by atoms with Crippen LogP contribution in [0.25, 0.3) is 0 Å². The zero-order valence-electron chi connectivity index (χ0n) is 19.2. The normalized spacial score (nSPS) is 14.9. The number of carbonyl (C=O) groups excluding carboxylic acids is 2. The van der Waals surface area contributed by atoms with Gasteiger partial charge in [0.1, 0.15) is 6.04 Å². The summed E-state index contributed by atoms with van der Waals surface area (Å²) in [6.45, 7) is 6.36. The Morgan fingerprint density at radius 2 is 1.78 bits per heavy atom. The Morgan fingerprint density at radius 3 is 2.44 bits per heavy atom. The molecule has 0 aliphatic heterocycles. The van der Waals surface area contributed by atoms with Gasteiger partial charge in [-0.3, -0.25) is 9.59 Å². The fraction of sp³-hybridized carbons (Fsp3) is 0.462. The fourth-order valence-electron chi connectivity index (χ4n) is 4.30. The molecule has 0 unspecified atom stereocenters. The molecule has 2 aromatic rings. The van der Waals surface area contributed by atoms with Gasteiger partial charge >= 0.3 is 0 Å². The Labute approximate surface area is 201 Å². The summed E-state index contributed by atoms with van der Waals surface area (Å²) in [5.41, 5.74) is 4.60. The van der Waals surface area contributed by atoms with E-state index in [1.165, 1.54) is 16.7 Å². The van der Waals surface area contributed by atoms with Crippen LogP contribution in [-0.2, 0) is 21.9 Å². The highest BCUT2D eigenvalue weighted by molar-refractivity contribution is 7.99. The molecule has 0 bridgehead atoms. The van der Waals surface area contributed by atoms with Crippen LogP contribution in [0.4, 0.5) is 0 Å². The molecule has 0 saturated heterocycles. The highest BCUT2D eigenvalue weighted by Crippen LogP contribution is 2.21. The van der Waals surface area contributed by atoms with Crippen molar-refractivity contribution in [1.29, 1.82) is 0 Å². The minimum Gasteiger partial charge on any atom is -0.352 e. The van der Waals surface area contributed by atoms with Gasteiger partial charge in [0.15, 0.2) is 0 Å². The van der Waals surface area contributed by atoms with Crippen molar-refractivity contribution >= 4 is 35.2 Å². The van der Waals surface area contributed by atoms with Gasteiger partial charge in [0.25, 0.3) is 0 Å². The largest absolute Gasteiger partial charge is 0.352 e. The second kappa shape index (κ2) is 11.8. The van der Waals surface area contributed by atoms with E-state index < -0.39 is 6.04 Å². The quantitative estimate of drug-likeness (QED) is 0.511. The van der Waals surface area contributed by atoms with Crippen molar-refractivity contribution in [2.45, 2.75) is 70.8 Å². The number of amides is 2. The van der Waals surface area contributed by atoms with Crippen molar-refractivity contribution in [2.24, 2.45) is 0 Å². The van der Waals surface area contributed by atoms with Gasteiger partial charge in [0.2, 0.25) is 11.8 Å². The number of aryl methyl sites for hydroxylation is 2. The molecule has 0 spiro atoms. The number of benzene rings is 2. The zero-order chi connectivity index (χ0) is 23.1. The Balaban J connectivity index is 1.66. The molecule has 1 aliphatic carbocycles. The number of nitrogens with one attached hydrogen (secondary N) is 1. The molecular weight excluding hydrogens is 440 g/mol. The van der Waals surface area contributed by atoms with E-state index in [0.29, 0.717) is 17.3 Å². The summed E-state index contributed by atoms with van der Waals surface area (Å²) in [4.78, 5) is 27.9. The van der Waals surface area contributed by atoms with E-state index >= 15 is 0 Å². The molecule has 1 saturated carbocycles. The summed E-state index contributed by atoms with van der Waals surface area (Å²) < 4.78 is 0. The Hall–Kier alpha value is -1.98. The van der Waals surface area contributed by atoms with Gasteiger partial charge in [-0.2, -0.15) is 0 Å². The smallest absolute Gasteiger partial charge is 0.242 e. The summed E-state index contributed by atoms with van der Waals surface area (Å²) >= 11 is 7.74. The third kappa shape index (κ3) is 7.28. The topological polar surface area (TPSA) is 49.4 Å². The van der Waals surface area contributed by atoms with Crippen LogP contribution in [-0.4, -0.2) is 34.6 Å². The lowest BCUT2D eigenvalue weighted by Gasteiger charge is -2.29. The molecule has 172 valence electrons. The molecule has 4 nitrogen and oxygen atoms in total. The minimum atomic E-state index is -0.538. The maximum Gasteiger partial charge on any atom is 0.242 e. The summed E-state index contributed by atoms with van der Waals surface area (Å²) in [5, 5.41) is 3.77. The summed E-state index contributed by atoms with van der Waals surface area (Å²) in [7, 11) is 0. The van der Waals surface area contributed by atoms with Gasteiger partial charge in [0, 0.05) is 23.4 Å². The van der Waals surface area contributed by atoms with E-state index in [1.807, 2.05) is 31.2 Å². The first kappa shape index (κ1) is 24.7.